The number of rotatable bonds is 2. The summed E-state index contributed by atoms with van der Waals surface area (Å²) in [6.45, 7) is 0. The molecule has 0 aromatic heterocycles. The average molecular weight is 316 g/mol. The van der Waals surface area contributed by atoms with Crippen LogP contribution < -0.4 is 11.5 Å². The van der Waals surface area contributed by atoms with Gasteiger partial charge in [0.2, 0.25) is 0 Å². The van der Waals surface area contributed by atoms with E-state index in [-0.39, 0.29) is 16.7 Å². The quantitative estimate of drug-likeness (QED) is 0.573. The number of hydrogen-bond donors (Lipinski definition) is 3. The highest BCUT2D eigenvalue weighted by molar-refractivity contribution is 6.09. The van der Waals surface area contributed by atoms with E-state index in [4.69, 9.17) is 11.5 Å². The van der Waals surface area contributed by atoms with Crippen LogP contribution in [0.25, 0.3) is 11.1 Å². The zero-order valence-corrected chi connectivity index (χ0v) is 11.5. The van der Waals surface area contributed by atoms with Crippen LogP contribution in [-0.4, -0.2) is 17.0 Å². The Balaban J connectivity index is 2.88. The van der Waals surface area contributed by atoms with Crippen LogP contribution in [0.15, 0.2) is 35.3 Å². The molecule has 23 heavy (non-hydrogen) atoms. The number of benzene rings is 2. The Kier molecular flexibility index (Phi) is 4.23. The van der Waals surface area contributed by atoms with Crippen molar-refractivity contribution >= 4 is 11.9 Å². The summed E-state index contributed by atoms with van der Waals surface area (Å²) < 4.78 is 27.5. The van der Waals surface area contributed by atoms with Crippen molar-refractivity contribution in [1.82, 2.24) is 0 Å². The summed E-state index contributed by atoms with van der Waals surface area (Å²) in [5.74, 6) is -3.90. The van der Waals surface area contributed by atoms with Crippen molar-refractivity contribution in [3.05, 3.63) is 53.1 Å². The van der Waals surface area contributed by atoms with Crippen LogP contribution in [0.5, 0.6) is 5.75 Å². The molecule has 0 aliphatic heterocycles. The lowest BCUT2D eigenvalue weighted by Crippen LogP contribution is -2.24. The highest BCUT2D eigenvalue weighted by atomic mass is 19.1. The number of nitrogens with zero attached hydrogens (tertiary/aromatic N) is 2. The third-order valence-corrected chi connectivity index (χ3v) is 2.95. The second-order valence-corrected chi connectivity index (χ2v) is 4.46. The maximum atomic E-state index is 14.1. The number of phenolic OH excluding ortho intramolecular Hbond substituents is 1. The van der Waals surface area contributed by atoms with Crippen LogP contribution in [0, 0.1) is 23.0 Å². The van der Waals surface area contributed by atoms with Crippen LogP contribution >= 0.6 is 0 Å². The molecule has 0 aliphatic carbocycles. The minimum absolute atomic E-state index is 0.151. The molecular formula is C15H10F2N4O2. The molecule has 5 N–H and O–H groups in total. The Morgan fingerprint density at radius 2 is 1.91 bits per heavy atom. The van der Waals surface area contributed by atoms with Gasteiger partial charge in [-0.25, -0.2) is 8.78 Å². The lowest BCUT2D eigenvalue weighted by Gasteiger charge is -2.12. The number of halogens is 2. The molecule has 1 amide bonds. The summed E-state index contributed by atoms with van der Waals surface area (Å²) >= 11 is 0. The highest BCUT2D eigenvalue weighted by Gasteiger charge is 2.23. The molecule has 0 spiro atoms. The fraction of sp³-hybridized carbons (Fsp3) is 0. The zero-order chi connectivity index (χ0) is 17.1. The Morgan fingerprint density at radius 1 is 1.22 bits per heavy atom. The number of guanidine groups is 1. The number of nitriles is 1. The number of amides is 1. The van der Waals surface area contributed by atoms with E-state index in [1.807, 2.05) is 0 Å². The van der Waals surface area contributed by atoms with Crippen LogP contribution in [0.3, 0.4) is 0 Å². The van der Waals surface area contributed by atoms with E-state index in [0.29, 0.717) is 0 Å². The molecule has 2 aromatic carbocycles. The predicted molar refractivity (Wildman–Crippen MR) is 78.3 cm³/mol. The fourth-order valence-corrected chi connectivity index (χ4v) is 2.04. The van der Waals surface area contributed by atoms with Crippen molar-refractivity contribution < 1.29 is 18.7 Å². The number of nitrogens with two attached hydrogens (primary N) is 2. The number of aliphatic imine (C=N–C) groups is 1. The van der Waals surface area contributed by atoms with E-state index in [1.54, 1.807) is 6.07 Å². The van der Waals surface area contributed by atoms with Gasteiger partial charge < -0.3 is 16.6 Å². The summed E-state index contributed by atoms with van der Waals surface area (Å²) in [6, 6.07) is 6.51. The minimum atomic E-state index is -1.08. The normalized spacial score (nSPS) is 9.96. The highest BCUT2D eigenvalue weighted by Crippen LogP contribution is 2.35. The fourth-order valence-electron chi connectivity index (χ4n) is 2.04. The molecule has 0 fully saturated rings. The third kappa shape index (κ3) is 3.08. The average Bonchev–Trinajstić information content (AvgIpc) is 2.48. The van der Waals surface area contributed by atoms with Gasteiger partial charge in [0.1, 0.15) is 17.4 Å². The number of carbonyl (C=O) groups excluding carboxylic acids is 1. The molecule has 0 heterocycles. The maximum absolute atomic E-state index is 14.1. The molecule has 8 heteroatoms. The van der Waals surface area contributed by atoms with E-state index in [2.05, 4.69) is 4.99 Å². The summed E-state index contributed by atoms with van der Waals surface area (Å²) in [6.07, 6.45) is 0. The van der Waals surface area contributed by atoms with Gasteiger partial charge in [-0.1, -0.05) is 0 Å². The molecule has 0 saturated heterocycles. The van der Waals surface area contributed by atoms with Crippen LogP contribution in [0.4, 0.5) is 8.78 Å². The lowest BCUT2D eigenvalue weighted by atomic mass is 9.93. The SMILES string of the molecule is N#Cc1ccc(O)c(C(=O)N=C(N)N)c1-c1cc(F)ccc1F. The number of hydrogen-bond acceptors (Lipinski definition) is 3. The summed E-state index contributed by atoms with van der Waals surface area (Å²) in [4.78, 5) is 15.4. The Labute approximate surface area is 129 Å². The van der Waals surface area contributed by atoms with Crippen molar-refractivity contribution in [2.45, 2.75) is 0 Å². The molecule has 116 valence electrons. The maximum Gasteiger partial charge on any atom is 0.284 e. The molecule has 2 aromatic rings. The Bertz CT molecular complexity index is 869. The second-order valence-electron chi connectivity index (χ2n) is 4.46. The second kappa shape index (κ2) is 6.11. The first kappa shape index (κ1) is 15.9. The van der Waals surface area contributed by atoms with Gasteiger partial charge in [-0.15, -0.1) is 0 Å². The van der Waals surface area contributed by atoms with E-state index in [0.717, 1.165) is 24.3 Å². The number of aromatic hydroxyl groups is 1. The van der Waals surface area contributed by atoms with Crippen molar-refractivity contribution in [2.75, 3.05) is 0 Å². The number of phenols is 1. The van der Waals surface area contributed by atoms with Gasteiger partial charge in [-0.2, -0.15) is 10.3 Å². The first-order valence-corrected chi connectivity index (χ1v) is 6.20. The zero-order valence-electron chi connectivity index (χ0n) is 11.5. The molecule has 0 radical (unpaired) electrons. The van der Waals surface area contributed by atoms with Crippen molar-refractivity contribution in [3.63, 3.8) is 0 Å². The predicted octanol–water partition coefficient (Wildman–Crippen LogP) is 1.62. The Hall–Kier alpha value is -3.47. The van der Waals surface area contributed by atoms with E-state index >= 15 is 0 Å². The molecule has 0 unspecified atom stereocenters. The third-order valence-electron chi connectivity index (χ3n) is 2.95. The largest absolute Gasteiger partial charge is 0.507 e. The van der Waals surface area contributed by atoms with Crippen LogP contribution in [-0.2, 0) is 0 Å². The van der Waals surface area contributed by atoms with Crippen molar-refractivity contribution in [3.8, 4) is 22.9 Å². The van der Waals surface area contributed by atoms with Crippen LogP contribution in [0.1, 0.15) is 15.9 Å². The molecule has 2 rings (SSSR count). The summed E-state index contributed by atoms with van der Waals surface area (Å²) in [7, 11) is 0. The topological polar surface area (TPSA) is 125 Å². The van der Waals surface area contributed by atoms with Gasteiger partial charge in [0.15, 0.2) is 5.96 Å². The minimum Gasteiger partial charge on any atom is -0.507 e. The standard InChI is InChI=1S/C15H10F2N4O2/c16-8-2-3-10(17)9(5-8)12-7(6-18)1-4-11(22)13(12)14(23)21-15(19)20/h1-5,22H,(H4,19,20,21,23). The lowest BCUT2D eigenvalue weighted by molar-refractivity contribution is 0.100. The van der Waals surface area contributed by atoms with Gasteiger partial charge in [-0.3, -0.25) is 4.79 Å². The molecule has 6 nitrogen and oxygen atoms in total. The van der Waals surface area contributed by atoms with Crippen molar-refractivity contribution in [1.29, 1.82) is 5.26 Å². The molecule has 0 aliphatic rings. The monoisotopic (exact) mass is 316 g/mol. The van der Waals surface area contributed by atoms with Gasteiger partial charge in [0.25, 0.3) is 5.91 Å². The van der Waals surface area contributed by atoms with Crippen LogP contribution in [0.2, 0.25) is 0 Å². The smallest absolute Gasteiger partial charge is 0.284 e. The van der Waals surface area contributed by atoms with Crippen molar-refractivity contribution in [2.24, 2.45) is 16.5 Å². The van der Waals surface area contributed by atoms with E-state index in [1.165, 1.54) is 6.07 Å². The molecule has 0 saturated carbocycles. The Morgan fingerprint density at radius 3 is 2.52 bits per heavy atom. The first-order chi connectivity index (χ1) is 10.8. The molecule has 0 bridgehead atoms. The summed E-state index contributed by atoms with van der Waals surface area (Å²) in [5, 5.41) is 19.1. The van der Waals surface area contributed by atoms with Gasteiger partial charge >= 0.3 is 0 Å². The molecular weight excluding hydrogens is 306 g/mol. The first-order valence-electron chi connectivity index (χ1n) is 6.20. The number of carbonyl (C=O) groups is 1. The molecule has 0 atom stereocenters. The van der Waals surface area contributed by atoms with E-state index < -0.39 is 34.8 Å². The van der Waals surface area contributed by atoms with Gasteiger partial charge in [0.05, 0.1) is 17.2 Å². The van der Waals surface area contributed by atoms with Gasteiger partial charge in [-0.05, 0) is 30.3 Å². The van der Waals surface area contributed by atoms with E-state index in [9.17, 15) is 23.9 Å². The summed E-state index contributed by atoms with van der Waals surface area (Å²) in [5.41, 5.74) is 8.93. The van der Waals surface area contributed by atoms with Gasteiger partial charge in [0, 0.05) is 11.1 Å².